The Morgan fingerprint density at radius 3 is 2.61 bits per heavy atom. The number of aromatic nitrogens is 1. The number of fused-ring (bicyclic) bond motifs is 2. The summed E-state index contributed by atoms with van der Waals surface area (Å²) in [6.07, 6.45) is -2.31. The van der Waals surface area contributed by atoms with Gasteiger partial charge in [0.05, 0.1) is 22.2 Å². The Labute approximate surface area is 188 Å². The van der Waals surface area contributed by atoms with E-state index in [9.17, 15) is 15.3 Å². The van der Waals surface area contributed by atoms with Crippen LogP contribution in [0.25, 0.3) is 10.9 Å². The molecule has 0 saturated carbocycles. The van der Waals surface area contributed by atoms with Gasteiger partial charge in [-0.05, 0) is 23.8 Å². The molecule has 1 saturated heterocycles. The molecule has 3 aromatic rings. The summed E-state index contributed by atoms with van der Waals surface area (Å²) >= 11 is 12.2. The van der Waals surface area contributed by atoms with Gasteiger partial charge in [0.25, 0.3) is 0 Å². The van der Waals surface area contributed by atoms with E-state index >= 15 is 0 Å². The minimum Gasteiger partial charge on any atom is -0.445 e. The lowest BCUT2D eigenvalue weighted by Gasteiger charge is -2.36. The van der Waals surface area contributed by atoms with E-state index in [1.165, 1.54) is 0 Å². The molecule has 3 heterocycles. The van der Waals surface area contributed by atoms with Gasteiger partial charge in [-0.3, -0.25) is 0 Å². The van der Waals surface area contributed by atoms with E-state index in [4.69, 9.17) is 32.7 Å². The number of benzene rings is 2. The van der Waals surface area contributed by atoms with Gasteiger partial charge in [0, 0.05) is 23.6 Å². The Balaban J connectivity index is 1.51. The summed E-state index contributed by atoms with van der Waals surface area (Å²) in [7, 11) is 0. The molecule has 0 bridgehead atoms. The summed E-state index contributed by atoms with van der Waals surface area (Å²) in [5.74, 6) is 0.323. The van der Waals surface area contributed by atoms with Crippen LogP contribution in [0, 0.1) is 0 Å². The average Bonchev–Trinajstić information content (AvgIpc) is 3.35. The Morgan fingerprint density at radius 1 is 1.03 bits per heavy atom. The summed E-state index contributed by atoms with van der Waals surface area (Å²) in [6, 6.07) is 12.6. The molecule has 162 valence electrons. The van der Waals surface area contributed by atoms with Gasteiger partial charge >= 0.3 is 0 Å². The van der Waals surface area contributed by atoms with Crippen molar-refractivity contribution in [3.05, 3.63) is 69.8 Å². The molecule has 1 unspecified atom stereocenters. The predicted molar refractivity (Wildman–Crippen MR) is 117 cm³/mol. The normalized spacial score (nSPS) is 27.8. The minimum atomic E-state index is -1.24. The molecule has 5 rings (SSSR count). The molecular formula is C22H20Cl2N2O5. The van der Waals surface area contributed by atoms with Crippen LogP contribution in [0.2, 0.25) is 10.0 Å². The van der Waals surface area contributed by atoms with Crippen molar-refractivity contribution in [3.8, 4) is 0 Å². The van der Waals surface area contributed by atoms with Crippen LogP contribution in [0.3, 0.4) is 0 Å². The first-order chi connectivity index (χ1) is 15.0. The van der Waals surface area contributed by atoms with E-state index in [2.05, 4.69) is 9.56 Å². The van der Waals surface area contributed by atoms with E-state index in [0.29, 0.717) is 22.5 Å². The molecular weight excluding hydrogens is 443 g/mol. The Bertz CT molecular complexity index is 1160. The van der Waals surface area contributed by atoms with Gasteiger partial charge in [-0.15, -0.1) is 0 Å². The molecule has 0 radical (unpaired) electrons. The maximum Gasteiger partial charge on any atom is 0.227 e. The van der Waals surface area contributed by atoms with Gasteiger partial charge in [-0.1, -0.05) is 47.5 Å². The predicted octanol–water partition coefficient (Wildman–Crippen LogP) is 2.58. The summed E-state index contributed by atoms with van der Waals surface area (Å²) in [5, 5.41) is 31.9. The number of hydrogen-bond acceptors (Lipinski definition) is 6. The second kappa shape index (κ2) is 8.09. The lowest BCUT2D eigenvalue weighted by molar-refractivity contribution is -0.234. The lowest BCUT2D eigenvalue weighted by Crippen LogP contribution is -2.56. The van der Waals surface area contributed by atoms with Crippen molar-refractivity contribution in [2.45, 2.75) is 37.2 Å². The molecule has 9 heteroatoms. The third-order valence-corrected chi connectivity index (χ3v) is 6.44. The summed E-state index contributed by atoms with van der Waals surface area (Å²) in [6.45, 7) is 0.130. The van der Waals surface area contributed by atoms with Crippen molar-refractivity contribution in [2.24, 2.45) is 4.99 Å². The van der Waals surface area contributed by atoms with Crippen LogP contribution in [-0.2, 0) is 16.0 Å². The molecule has 0 aliphatic carbocycles. The standard InChI is InChI=1S/C22H20Cl2N2O5/c23-14-6-5-11(7-15(14)24)8-26-9-13(12-3-1-2-4-16(12)26)21-25-18-20(29)19(28)17(10-27)30-22(18)31-21/h1-7,9,17-20,22,27-29H,8,10H2/t17-,18-,19-,20?,22-/m1/s1. The first-order valence-corrected chi connectivity index (χ1v) is 10.6. The Kier molecular flexibility index (Phi) is 5.42. The van der Waals surface area contributed by atoms with Gasteiger partial charge in [-0.25, -0.2) is 4.99 Å². The van der Waals surface area contributed by atoms with Gasteiger partial charge in [0.15, 0.2) is 0 Å². The maximum absolute atomic E-state index is 10.4. The number of aliphatic imine (C=N–C) groups is 1. The molecule has 7 nitrogen and oxygen atoms in total. The second-order valence-corrected chi connectivity index (χ2v) is 8.50. The van der Waals surface area contributed by atoms with Gasteiger partial charge in [-0.2, -0.15) is 0 Å². The highest BCUT2D eigenvalue weighted by Gasteiger charge is 2.49. The van der Waals surface area contributed by atoms with Gasteiger partial charge < -0.3 is 29.4 Å². The summed E-state index contributed by atoms with van der Waals surface area (Å²) < 4.78 is 13.6. The maximum atomic E-state index is 10.4. The fourth-order valence-corrected chi connectivity index (χ4v) is 4.41. The molecule has 1 fully saturated rings. The van der Waals surface area contributed by atoms with Crippen molar-refractivity contribution in [3.63, 3.8) is 0 Å². The average molecular weight is 463 g/mol. The van der Waals surface area contributed by atoms with Crippen LogP contribution in [0.4, 0.5) is 0 Å². The first kappa shape index (κ1) is 20.8. The number of para-hydroxylation sites is 1. The van der Waals surface area contributed by atoms with Crippen LogP contribution in [0.1, 0.15) is 11.1 Å². The van der Waals surface area contributed by atoms with E-state index in [1.54, 1.807) is 6.07 Å². The van der Waals surface area contributed by atoms with Crippen molar-refractivity contribution < 1.29 is 24.8 Å². The van der Waals surface area contributed by atoms with Gasteiger partial charge in [0.2, 0.25) is 12.2 Å². The number of ether oxygens (including phenoxy) is 2. The largest absolute Gasteiger partial charge is 0.445 e. The summed E-state index contributed by atoms with van der Waals surface area (Å²) in [4.78, 5) is 4.50. The molecule has 31 heavy (non-hydrogen) atoms. The zero-order valence-corrected chi connectivity index (χ0v) is 17.7. The van der Waals surface area contributed by atoms with E-state index in [-0.39, 0.29) is 0 Å². The quantitative estimate of drug-likeness (QED) is 0.553. The highest BCUT2D eigenvalue weighted by molar-refractivity contribution is 6.42. The van der Waals surface area contributed by atoms with E-state index < -0.39 is 37.3 Å². The molecule has 0 spiro atoms. The lowest BCUT2D eigenvalue weighted by atomic mass is 9.98. The van der Waals surface area contributed by atoms with Gasteiger partial charge in [0.1, 0.15) is 24.4 Å². The SMILES string of the molecule is OC[C@H]1O[C@@H]2OC(c3cn(Cc4ccc(Cl)c(Cl)c4)c4ccccc34)=N[C@@H]2C(O)[C@@H]1O. The first-order valence-electron chi connectivity index (χ1n) is 9.85. The van der Waals surface area contributed by atoms with Crippen LogP contribution < -0.4 is 0 Å². The number of aliphatic hydroxyl groups excluding tert-OH is 3. The molecule has 3 N–H and O–H groups in total. The summed E-state index contributed by atoms with van der Waals surface area (Å²) in [5.41, 5.74) is 2.70. The molecule has 5 atom stereocenters. The Morgan fingerprint density at radius 2 is 1.84 bits per heavy atom. The monoisotopic (exact) mass is 462 g/mol. The third-order valence-electron chi connectivity index (χ3n) is 5.70. The highest BCUT2D eigenvalue weighted by atomic mass is 35.5. The molecule has 2 aromatic carbocycles. The fourth-order valence-electron chi connectivity index (χ4n) is 4.09. The molecule has 0 amide bonds. The fraction of sp³-hybridized carbons (Fsp3) is 0.318. The molecule has 1 aromatic heterocycles. The topological polar surface area (TPSA) is 96.4 Å². The van der Waals surface area contributed by atoms with E-state index in [1.807, 2.05) is 42.6 Å². The number of aliphatic hydroxyl groups is 3. The number of nitrogens with zero attached hydrogens (tertiary/aromatic N) is 2. The van der Waals surface area contributed by atoms with Crippen LogP contribution >= 0.6 is 23.2 Å². The molecule has 2 aliphatic heterocycles. The van der Waals surface area contributed by atoms with Crippen LogP contribution in [0.5, 0.6) is 0 Å². The van der Waals surface area contributed by atoms with Crippen molar-refractivity contribution in [1.29, 1.82) is 0 Å². The zero-order valence-electron chi connectivity index (χ0n) is 16.2. The molecule has 2 aliphatic rings. The smallest absolute Gasteiger partial charge is 0.227 e. The highest BCUT2D eigenvalue weighted by Crippen LogP contribution is 2.33. The second-order valence-electron chi connectivity index (χ2n) is 7.69. The number of rotatable bonds is 4. The Hall–Kier alpha value is -2.13. The van der Waals surface area contributed by atoms with Crippen molar-refractivity contribution >= 4 is 40.0 Å². The van der Waals surface area contributed by atoms with Crippen molar-refractivity contribution in [2.75, 3.05) is 6.61 Å². The third kappa shape index (κ3) is 3.61. The van der Waals surface area contributed by atoms with E-state index in [0.717, 1.165) is 22.0 Å². The minimum absolute atomic E-state index is 0.323. The van der Waals surface area contributed by atoms with Crippen LogP contribution in [-0.4, -0.2) is 63.0 Å². The number of hydrogen-bond donors (Lipinski definition) is 3. The number of halogens is 2. The van der Waals surface area contributed by atoms with Crippen LogP contribution in [0.15, 0.2) is 53.7 Å². The van der Waals surface area contributed by atoms with Crippen molar-refractivity contribution in [1.82, 2.24) is 4.57 Å². The zero-order chi connectivity index (χ0) is 21.7.